The normalized spacial score (nSPS) is 17.8. The van der Waals surface area contributed by atoms with E-state index in [9.17, 15) is 9.18 Å². The van der Waals surface area contributed by atoms with Crippen LogP contribution in [-0.4, -0.2) is 30.1 Å². The summed E-state index contributed by atoms with van der Waals surface area (Å²) in [4.78, 5) is 17.2. The van der Waals surface area contributed by atoms with Crippen molar-refractivity contribution in [3.05, 3.63) is 51.5 Å². The zero-order valence-corrected chi connectivity index (χ0v) is 16.9. The van der Waals surface area contributed by atoms with E-state index in [1.54, 1.807) is 12.3 Å². The van der Waals surface area contributed by atoms with Crippen molar-refractivity contribution in [2.45, 2.75) is 32.4 Å². The van der Waals surface area contributed by atoms with E-state index < -0.39 is 0 Å². The smallest absolute Gasteiger partial charge is 0.217 e. The highest BCUT2D eigenvalue weighted by atomic mass is 127. The lowest BCUT2D eigenvalue weighted by molar-refractivity contribution is -0.119. The summed E-state index contributed by atoms with van der Waals surface area (Å²) >= 11 is 1.98. The molecular weight excluding hydrogens is 448 g/mol. The van der Waals surface area contributed by atoms with Crippen LogP contribution in [0.5, 0.6) is 5.75 Å². The predicted molar refractivity (Wildman–Crippen MR) is 107 cm³/mol. The number of amides is 1. The summed E-state index contributed by atoms with van der Waals surface area (Å²) in [7, 11) is 0. The minimum Gasteiger partial charge on any atom is -0.489 e. The molecule has 5 nitrogen and oxygen atoms in total. The molecule has 3 rings (SSSR count). The minimum atomic E-state index is -0.273. The van der Waals surface area contributed by atoms with Gasteiger partial charge in [0.15, 0.2) is 11.6 Å². The van der Waals surface area contributed by atoms with Crippen LogP contribution in [0.4, 0.5) is 10.2 Å². The Morgan fingerprint density at radius 1 is 1.38 bits per heavy atom. The monoisotopic (exact) mass is 469 g/mol. The Balaban J connectivity index is 1.60. The van der Waals surface area contributed by atoms with Crippen molar-refractivity contribution in [3.63, 3.8) is 0 Å². The average Bonchev–Trinajstić information content (AvgIpc) is 3.05. The van der Waals surface area contributed by atoms with Gasteiger partial charge in [0, 0.05) is 26.1 Å². The molecule has 0 spiro atoms. The lowest BCUT2D eigenvalue weighted by Gasteiger charge is -2.19. The number of benzene rings is 1. The molecule has 1 aliphatic rings. The molecule has 0 bridgehead atoms. The van der Waals surface area contributed by atoms with Crippen molar-refractivity contribution in [1.82, 2.24) is 10.3 Å². The lowest BCUT2D eigenvalue weighted by Crippen LogP contribution is -2.26. The van der Waals surface area contributed by atoms with E-state index in [4.69, 9.17) is 4.74 Å². The van der Waals surface area contributed by atoms with Crippen LogP contribution in [0.2, 0.25) is 0 Å². The second-order valence-electron chi connectivity index (χ2n) is 6.40. The Bertz CT molecular complexity index is 785. The molecule has 1 aromatic heterocycles. The van der Waals surface area contributed by atoms with Crippen molar-refractivity contribution >= 4 is 34.3 Å². The number of hydrogen-bond donors (Lipinski definition) is 1. The molecule has 0 aliphatic carbocycles. The molecule has 2 heterocycles. The van der Waals surface area contributed by atoms with Gasteiger partial charge >= 0.3 is 0 Å². The van der Waals surface area contributed by atoms with Crippen molar-refractivity contribution in [3.8, 4) is 5.75 Å². The van der Waals surface area contributed by atoms with E-state index in [0.29, 0.717) is 22.5 Å². The minimum absolute atomic E-state index is 0.00677. The molecule has 2 aromatic rings. The molecule has 0 saturated carbocycles. The number of aromatic nitrogens is 1. The molecule has 1 aliphatic heterocycles. The number of halogens is 2. The molecule has 1 aromatic carbocycles. The van der Waals surface area contributed by atoms with Gasteiger partial charge in [0.25, 0.3) is 0 Å². The number of nitrogens with zero attached hydrogens (tertiary/aromatic N) is 2. The Hall–Kier alpha value is -1.90. The van der Waals surface area contributed by atoms with Crippen molar-refractivity contribution in [2.24, 2.45) is 0 Å². The van der Waals surface area contributed by atoms with Crippen LogP contribution in [0.1, 0.15) is 31.9 Å². The standard InChI is InChI=1S/C19H21FIN3O2/c1-12(23-13(2)25)14-3-5-15(6-4-14)26-16-8-10-24(11-16)19-18(20)17(21)7-9-22-19/h3-7,9,12,16H,8,10-11H2,1-2H3,(H,23,25)/t12-,16+/m0/s1. The highest BCUT2D eigenvalue weighted by molar-refractivity contribution is 14.1. The number of pyridine rings is 1. The van der Waals surface area contributed by atoms with Gasteiger partial charge in [-0.25, -0.2) is 9.37 Å². The van der Waals surface area contributed by atoms with Crippen LogP contribution in [-0.2, 0) is 4.79 Å². The van der Waals surface area contributed by atoms with Crippen LogP contribution >= 0.6 is 22.6 Å². The molecule has 0 unspecified atom stereocenters. The zero-order chi connectivity index (χ0) is 18.7. The maximum Gasteiger partial charge on any atom is 0.217 e. The fourth-order valence-corrected chi connectivity index (χ4v) is 3.46. The van der Waals surface area contributed by atoms with Gasteiger partial charge in [0.1, 0.15) is 11.9 Å². The fourth-order valence-electron chi connectivity index (χ4n) is 3.06. The molecule has 0 radical (unpaired) electrons. The van der Waals surface area contributed by atoms with Crippen molar-refractivity contribution in [1.29, 1.82) is 0 Å². The number of carbonyl (C=O) groups excluding carboxylic acids is 1. The number of rotatable bonds is 5. The van der Waals surface area contributed by atoms with Gasteiger partial charge in [-0.1, -0.05) is 12.1 Å². The van der Waals surface area contributed by atoms with E-state index >= 15 is 0 Å². The van der Waals surface area contributed by atoms with Gasteiger partial charge in [0.05, 0.1) is 16.2 Å². The summed E-state index contributed by atoms with van der Waals surface area (Å²) in [6.07, 6.45) is 2.44. The number of anilines is 1. The van der Waals surface area contributed by atoms with E-state index in [2.05, 4.69) is 10.3 Å². The Morgan fingerprint density at radius 3 is 2.81 bits per heavy atom. The second kappa shape index (κ2) is 8.20. The van der Waals surface area contributed by atoms with Gasteiger partial charge in [0.2, 0.25) is 5.91 Å². The molecular formula is C19H21FIN3O2. The van der Waals surface area contributed by atoms with Crippen LogP contribution in [0.3, 0.4) is 0 Å². The first-order valence-electron chi connectivity index (χ1n) is 8.52. The number of hydrogen-bond acceptors (Lipinski definition) is 4. The zero-order valence-electron chi connectivity index (χ0n) is 14.7. The average molecular weight is 469 g/mol. The van der Waals surface area contributed by atoms with Crippen molar-refractivity contribution < 1.29 is 13.9 Å². The highest BCUT2D eigenvalue weighted by Crippen LogP contribution is 2.26. The molecule has 138 valence electrons. The van der Waals surface area contributed by atoms with Crippen LogP contribution < -0.4 is 15.0 Å². The van der Waals surface area contributed by atoms with E-state index in [-0.39, 0.29) is 23.9 Å². The quantitative estimate of drug-likeness (QED) is 0.680. The van der Waals surface area contributed by atoms with Gasteiger partial charge in [-0.2, -0.15) is 0 Å². The summed E-state index contributed by atoms with van der Waals surface area (Å²) in [6.45, 7) is 4.76. The third-order valence-corrected chi connectivity index (χ3v) is 5.20. The SMILES string of the molecule is CC(=O)N[C@@H](C)c1ccc(O[C@@H]2CCN(c3nccc(I)c3F)C2)cc1. The summed E-state index contributed by atoms with van der Waals surface area (Å²) in [5.74, 6) is 0.833. The molecule has 2 atom stereocenters. The topological polar surface area (TPSA) is 54.5 Å². The lowest BCUT2D eigenvalue weighted by atomic mass is 10.1. The molecule has 1 saturated heterocycles. The summed E-state index contributed by atoms with van der Waals surface area (Å²) in [6, 6.07) is 9.32. The maximum atomic E-state index is 14.2. The summed E-state index contributed by atoms with van der Waals surface area (Å²) in [5.41, 5.74) is 1.02. The molecule has 1 fully saturated rings. The molecule has 1 N–H and O–H groups in total. The molecule has 26 heavy (non-hydrogen) atoms. The van der Waals surface area contributed by atoms with Crippen molar-refractivity contribution in [2.75, 3.05) is 18.0 Å². The van der Waals surface area contributed by atoms with Gasteiger partial charge in [-0.05, 0) is 53.3 Å². The maximum absolute atomic E-state index is 14.2. The fraction of sp³-hybridized carbons (Fsp3) is 0.368. The number of nitrogens with one attached hydrogen (secondary N) is 1. The van der Waals surface area contributed by atoms with E-state index in [1.807, 2.05) is 58.7 Å². The van der Waals surface area contributed by atoms with Gasteiger partial charge < -0.3 is 15.0 Å². The highest BCUT2D eigenvalue weighted by Gasteiger charge is 2.27. The second-order valence-corrected chi connectivity index (χ2v) is 7.56. The largest absolute Gasteiger partial charge is 0.489 e. The third kappa shape index (κ3) is 4.44. The Kier molecular flexibility index (Phi) is 5.95. The van der Waals surface area contributed by atoms with Gasteiger partial charge in [-0.15, -0.1) is 0 Å². The van der Waals surface area contributed by atoms with Crippen LogP contribution in [0.25, 0.3) is 0 Å². The Labute approximate surface area is 166 Å². The van der Waals surface area contributed by atoms with E-state index in [1.165, 1.54) is 6.92 Å². The van der Waals surface area contributed by atoms with Crippen LogP contribution in [0.15, 0.2) is 36.5 Å². The third-order valence-electron chi connectivity index (χ3n) is 4.37. The Morgan fingerprint density at radius 2 is 2.12 bits per heavy atom. The molecule has 7 heteroatoms. The van der Waals surface area contributed by atoms with Crippen LogP contribution in [0, 0.1) is 9.39 Å². The first-order chi connectivity index (χ1) is 12.4. The first kappa shape index (κ1) is 18.9. The molecule has 1 amide bonds. The number of ether oxygens (including phenoxy) is 1. The van der Waals surface area contributed by atoms with Gasteiger partial charge in [-0.3, -0.25) is 4.79 Å². The van der Waals surface area contributed by atoms with E-state index in [0.717, 1.165) is 17.7 Å². The number of carbonyl (C=O) groups is 1. The first-order valence-corrected chi connectivity index (χ1v) is 9.60. The summed E-state index contributed by atoms with van der Waals surface area (Å²) in [5, 5.41) is 2.86. The predicted octanol–water partition coefficient (Wildman–Crippen LogP) is 3.68. The summed E-state index contributed by atoms with van der Waals surface area (Å²) < 4.78 is 20.8.